The van der Waals surface area contributed by atoms with E-state index < -0.39 is 6.04 Å². The Hall–Kier alpha value is -1.88. The van der Waals surface area contributed by atoms with E-state index in [4.69, 9.17) is 5.73 Å². The number of nitrogens with two attached hydrogens (primary N) is 1. The highest BCUT2D eigenvalue weighted by atomic mass is 16.2. The summed E-state index contributed by atoms with van der Waals surface area (Å²) in [7, 11) is 1.56. The third-order valence-electron chi connectivity index (χ3n) is 3.18. The molecular weight excluding hydrogens is 242 g/mol. The lowest BCUT2D eigenvalue weighted by molar-refractivity contribution is -0.118. The molecular formula is C14H21N3O2. The molecule has 0 aliphatic carbocycles. The normalized spacial score (nSPS) is 13.5. The average molecular weight is 263 g/mol. The van der Waals surface area contributed by atoms with Crippen molar-refractivity contribution in [1.29, 1.82) is 0 Å². The van der Waals surface area contributed by atoms with Crippen LogP contribution in [0.15, 0.2) is 24.3 Å². The van der Waals surface area contributed by atoms with Gasteiger partial charge in [-0.05, 0) is 24.1 Å². The van der Waals surface area contributed by atoms with Crippen LogP contribution in [0.5, 0.6) is 0 Å². The second-order valence-corrected chi connectivity index (χ2v) is 4.56. The summed E-state index contributed by atoms with van der Waals surface area (Å²) < 4.78 is 0. The van der Waals surface area contributed by atoms with Crippen molar-refractivity contribution in [1.82, 2.24) is 5.32 Å². The Morgan fingerprint density at radius 2 is 2.05 bits per heavy atom. The van der Waals surface area contributed by atoms with E-state index in [1.165, 1.54) is 0 Å². The molecule has 4 N–H and O–H groups in total. The molecule has 0 aromatic heterocycles. The molecule has 5 heteroatoms. The summed E-state index contributed by atoms with van der Waals surface area (Å²) in [6.45, 7) is 3.93. The highest BCUT2D eigenvalue weighted by molar-refractivity contribution is 5.98. The average Bonchev–Trinajstić information content (AvgIpc) is 2.44. The number of carbonyl (C=O) groups is 2. The van der Waals surface area contributed by atoms with E-state index in [1.54, 1.807) is 31.3 Å². The van der Waals surface area contributed by atoms with E-state index in [0.29, 0.717) is 11.3 Å². The summed E-state index contributed by atoms with van der Waals surface area (Å²) in [5, 5.41) is 5.27. The van der Waals surface area contributed by atoms with Crippen LogP contribution in [0.4, 0.5) is 5.69 Å². The van der Waals surface area contributed by atoms with Crippen molar-refractivity contribution in [2.75, 3.05) is 12.4 Å². The monoisotopic (exact) mass is 263 g/mol. The summed E-state index contributed by atoms with van der Waals surface area (Å²) >= 11 is 0. The molecule has 1 rings (SSSR count). The first kappa shape index (κ1) is 15.2. The molecule has 0 spiro atoms. The summed E-state index contributed by atoms with van der Waals surface area (Å²) in [5.41, 5.74) is 6.92. The predicted molar refractivity (Wildman–Crippen MR) is 75.9 cm³/mol. The molecule has 1 aromatic carbocycles. The molecule has 2 atom stereocenters. The molecule has 5 nitrogen and oxygen atoms in total. The van der Waals surface area contributed by atoms with Gasteiger partial charge in [0, 0.05) is 18.3 Å². The molecule has 0 saturated heterocycles. The molecule has 19 heavy (non-hydrogen) atoms. The first-order chi connectivity index (χ1) is 8.99. The Bertz CT molecular complexity index is 460. The molecule has 0 saturated carbocycles. The third kappa shape index (κ3) is 4.06. The van der Waals surface area contributed by atoms with E-state index in [2.05, 4.69) is 10.6 Å². The first-order valence-electron chi connectivity index (χ1n) is 6.38. The molecule has 104 valence electrons. The Labute approximate surface area is 113 Å². The fourth-order valence-corrected chi connectivity index (χ4v) is 1.62. The lowest BCUT2D eigenvalue weighted by Gasteiger charge is -2.17. The number of nitrogens with one attached hydrogen (secondary N) is 2. The van der Waals surface area contributed by atoms with Gasteiger partial charge in [-0.2, -0.15) is 0 Å². The van der Waals surface area contributed by atoms with E-state index in [1.807, 2.05) is 13.8 Å². The maximum atomic E-state index is 11.9. The third-order valence-corrected chi connectivity index (χ3v) is 3.18. The van der Waals surface area contributed by atoms with Crippen LogP contribution in [0.1, 0.15) is 30.6 Å². The minimum atomic E-state index is -0.548. The van der Waals surface area contributed by atoms with Crippen molar-refractivity contribution in [2.24, 2.45) is 11.7 Å². The van der Waals surface area contributed by atoms with Crippen molar-refractivity contribution in [3.05, 3.63) is 29.8 Å². The van der Waals surface area contributed by atoms with Gasteiger partial charge in [0.15, 0.2) is 0 Å². The summed E-state index contributed by atoms with van der Waals surface area (Å²) in [4.78, 5) is 23.4. The van der Waals surface area contributed by atoms with Gasteiger partial charge >= 0.3 is 0 Å². The summed E-state index contributed by atoms with van der Waals surface area (Å²) in [5.74, 6) is -0.312. The molecule has 0 aliphatic rings. The number of amides is 2. The van der Waals surface area contributed by atoms with Crippen molar-refractivity contribution in [2.45, 2.75) is 26.3 Å². The van der Waals surface area contributed by atoms with E-state index in [0.717, 1.165) is 6.42 Å². The zero-order chi connectivity index (χ0) is 14.4. The van der Waals surface area contributed by atoms with Crippen LogP contribution >= 0.6 is 0 Å². The Balaban J connectivity index is 2.77. The van der Waals surface area contributed by atoms with Crippen LogP contribution in [0.25, 0.3) is 0 Å². The van der Waals surface area contributed by atoms with Gasteiger partial charge in [0.25, 0.3) is 5.91 Å². The molecule has 0 radical (unpaired) electrons. The molecule has 0 aliphatic heterocycles. The van der Waals surface area contributed by atoms with Crippen LogP contribution < -0.4 is 16.4 Å². The van der Waals surface area contributed by atoms with E-state index >= 15 is 0 Å². The van der Waals surface area contributed by atoms with Crippen molar-refractivity contribution in [3.63, 3.8) is 0 Å². The molecule has 0 heterocycles. The fourth-order valence-electron chi connectivity index (χ4n) is 1.62. The van der Waals surface area contributed by atoms with Crippen molar-refractivity contribution >= 4 is 17.5 Å². The van der Waals surface area contributed by atoms with Crippen LogP contribution in [-0.4, -0.2) is 24.9 Å². The number of carbonyl (C=O) groups excluding carboxylic acids is 2. The minimum absolute atomic E-state index is 0.113. The molecule has 2 amide bonds. The lowest BCUT2D eigenvalue weighted by Crippen LogP contribution is -2.40. The van der Waals surface area contributed by atoms with E-state index in [9.17, 15) is 9.59 Å². The zero-order valence-corrected chi connectivity index (χ0v) is 11.6. The van der Waals surface area contributed by atoms with Gasteiger partial charge in [-0.1, -0.05) is 26.3 Å². The summed E-state index contributed by atoms with van der Waals surface area (Å²) in [6, 6.07) is 6.21. The minimum Gasteiger partial charge on any atom is -0.355 e. The van der Waals surface area contributed by atoms with Crippen LogP contribution in [0, 0.1) is 5.92 Å². The molecule has 0 bridgehead atoms. The van der Waals surface area contributed by atoms with Gasteiger partial charge in [0.1, 0.15) is 0 Å². The van der Waals surface area contributed by atoms with Gasteiger partial charge in [-0.3, -0.25) is 9.59 Å². The molecule has 1 aromatic rings. The highest BCUT2D eigenvalue weighted by Crippen LogP contribution is 2.13. The maximum Gasteiger partial charge on any atom is 0.251 e. The smallest absolute Gasteiger partial charge is 0.251 e. The number of benzene rings is 1. The first-order valence-corrected chi connectivity index (χ1v) is 6.38. The molecule has 0 fully saturated rings. The van der Waals surface area contributed by atoms with Gasteiger partial charge < -0.3 is 16.4 Å². The van der Waals surface area contributed by atoms with Crippen LogP contribution in [-0.2, 0) is 4.79 Å². The largest absolute Gasteiger partial charge is 0.355 e. The SMILES string of the molecule is CCC(C)[C@H](N)C(=O)Nc1cccc(C(=O)NC)c1. The summed E-state index contributed by atoms with van der Waals surface area (Å²) in [6.07, 6.45) is 0.840. The van der Waals surface area contributed by atoms with Crippen LogP contribution in [0.2, 0.25) is 0 Å². The molecule has 1 unspecified atom stereocenters. The van der Waals surface area contributed by atoms with Gasteiger partial charge in [0.05, 0.1) is 6.04 Å². The number of anilines is 1. The Morgan fingerprint density at radius 3 is 2.63 bits per heavy atom. The predicted octanol–water partition coefficient (Wildman–Crippen LogP) is 1.36. The fraction of sp³-hybridized carbons (Fsp3) is 0.429. The lowest BCUT2D eigenvalue weighted by atomic mass is 9.99. The standard InChI is InChI=1S/C14H21N3O2/c1-4-9(2)12(15)14(19)17-11-7-5-6-10(8-11)13(18)16-3/h5-9,12H,4,15H2,1-3H3,(H,16,18)(H,17,19)/t9?,12-/m0/s1. The Kier molecular flexibility index (Phi) is 5.51. The van der Waals surface area contributed by atoms with Crippen LogP contribution in [0.3, 0.4) is 0 Å². The number of hydrogen-bond donors (Lipinski definition) is 3. The van der Waals surface area contributed by atoms with Gasteiger partial charge in [-0.15, -0.1) is 0 Å². The van der Waals surface area contributed by atoms with Gasteiger partial charge in [0.2, 0.25) is 5.91 Å². The van der Waals surface area contributed by atoms with Crippen molar-refractivity contribution in [3.8, 4) is 0 Å². The zero-order valence-electron chi connectivity index (χ0n) is 11.6. The second kappa shape index (κ2) is 6.89. The topological polar surface area (TPSA) is 84.2 Å². The Morgan fingerprint density at radius 1 is 1.37 bits per heavy atom. The van der Waals surface area contributed by atoms with Gasteiger partial charge in [-0.25, -0.2) is 0 Å². The quantitative estimate of drug-likeness (QED) is 0.750. The van der Waals surface area contributed by atoms with E-state index in [-0.39, 0.29) is 17.7 Å². The number of rotatable bonds is 5. The highest BCUT2D eigenvalue weighted by Gasteiger charge is 2.19. The van der Waals surface area contributed by atoms with Crippen molar-refractivity contribution < 1.29 is 9.59 Å². The second-order valence-electron chi connectivity index (χ2n) is 4.56. The number of hydrogen-bond acceptors (Lipinski definition) is 3. The maximum absolute atomic E-state index is 11.9.